The number of nitrogens with zero attached hydrogens (tertiary/aromatic N) is 1. The van der Waals surface area contributed by atoms with Gasteiger partial charge in [-0.2, -0.15) is 0 Å². The summed E-state index contributed by atoms with van der Waals surface area (Å²) in [5.74, 6) is 1.62. The molecule has 0 saturated heterocycles. The van der Waals surface area contributed by atoms with Gasteiger partial charge in [0, 0.05) is 26.1 Å². The summed E-state index contributed by atoms with van der Waals surface area (Å²) < 4.78 is 11.3. The molecule has 0 aliphatic heterocycles. The fourth-order valence-electron chi connectivity index (χ4n) is 2.45. The van der Waals surface area contributed by atoms with E-state index in [1.165, 1.54) is 0 Å². The van der Waals surface area contributed by atoms with Crippen LogP contribution in [-0.4, -0.2) is 32.8 Å². The number of guanidine groups is 1. The van der Waals surface area contributed by atoms with Crippen LogP contribution in [0.1, 0.15) is 26.5 Å². The number of furan rings is 1. The van der Waals surface area contributed by atoms with Crippen molar-refractivity contribution < 1.29 is 9.15 Å². The number of hydrogen-bond donors (Lipinski definition) is 2. The number of nitrogens with one attached hydrogen (secondary N) is 2. The highest BCUT2D eigenvalue weighted by molar-refractivity contribution is 5.80. The summed E-state index contributed by atoms with van der Waals surface area (Å²) in [6.45, 7) is 7.76. The SMILES string of the molecule is CN=C(NCc1cc2ccccc2o1)NCC(OC)C(C)(C)C. The molecule has 23 heavy (non-hydrogen) atoms. The Balaban J connectivity index is 1.90. The van der Waals surface area contributed by atoms with E-state index in [-0.39, 0.29) is 11.5 Å². The fourth-order valence-corrected chi connectivity index (χ4v) is 2.45. The lowest BCUT2D eigenvalue weighted by Gasteiger charge is -2.30. The van der Waals surface area contributed by atoms with Crippen molar-refractivity contribution >= 4 is 16.9 Å². The van der Waals surface area contributed by atoms with Gasteiger partial charge in [0.25, 0.3) is 0 Å². The molecule has 1 atom stereocenters. The van der Waals surface area contributed by atoms with Gasteiger partial charge in [0.05, 0.1) is 12.6 Å². The summed E-state index contributed by atoms with van der Waals surface area (Å²) in [5, 5.41) is 7.68. The van der Waals surface area contributed by atoms with Gasteiger partial charge in [0.2, 0.25) is 0 Å². The Morgan fingerprint density at radius 3 is 2.61 bits per heavy atom. The maximum atomic E-state index is 5.79. The molecule has 0 saturated carbocycles. The lowest BCUT2D eigenvalue weighted by Crippen LogP contribution is -2.45. The number of hydrogen-bond acceptors (Lipinski definition) is 3. The van der Waals surface area contributed by atoms with Crippen molar-refractivity contribution in [2.75, 3.05) is 20.7 Å². The second-order valence-electron chi connectivity index (χ2n) is 6.65. The average Bonchev–Trinajstić information content (AvgIpc) is 2.92. The lowest BCUT2D eigenvalue weighted by molar-refractivity contribution is 0.0205. The Morgan fingerprint density at radius 1 is 1.26 bits per heavy atom. The molecule has 0 aliphatic rings. The van der Waals surface area contributed by atoms with Crippen LogP contribution in [0.4, 0.5) is 0 Å². The summed E-state index contributed by atoms with van der Waals surface area (Å²) in [6.07, 6.45) is 0.104. The van der Waals surface area contributed by atoms with E-state index in [4.69, 9.17) is 9.15 Å². The molecule has 2 N–H and O–H groups in total. The van der Waals surface area contributed by atoms with E-state index in [0.29, 0.717) is 13.1 Å². The molecule has 5 heteroatoms. The second kappa shape index (κ2) is 7.51. The summed E-state index contributed by atoms with van der Waals surface area (Å²) in [7, 11) is 3.50. The van der Waals surface area contributed by atoms with Crippen LogP contribution in [0.3, 0.4) is 0 Å². The third kappa shape index (κ3) is 4.73. The highest BCUT2D eigenvalue weighted by Crippen LogP contribution is 2.21. The molecule has 0 aliphatic carbocycles. The zero-order chi connectivity index (χ0) is 16.9. The number of rotatable bonds is 5. The summed E-state index contributed by atoms with van der Waals surface area (Å²) in [4.78, 5) is 4.24. The van der Waals surface area contributed by atoms with Gasteiger partial charge in [-0.3, -0.25) is 4.99 Å². The van der Waals surface area contributed by atoms with Gasteiger partial charge in [-0.25, -0.2) is 0 Å². The van der Waals surface area contributed by atoms with Gasteiger partial charge in [-0.1, -0.05) is 39.0 Å². The predicted octanol–water partition coefficient (Wildman–Crippen LogP) is 3.16. The van der Waals surface area contributed by atoms with Crippen LogP contribution in [0.25, 0.3) is 11.0 Å². The minimum absolute atomic E-state index is 0.0688. The maximum absolute atomic E-state index is 5.79. The maximum Gasteiger partial charge on any atom is 0.191 e. The summed E-state index contributed by atoms with van der Waals surface area (Å²) in [5.41, 5.74) is 0.971. The minimum atomic E-state index is 0.0688. The van der Waals surface area contributed by atoms with Crippen molar-refractivity contribution in [3.8, 4) is 0 Å². The van der Waals surface area contributed by atoms with Crippen molar-refractivity contribution in [1.29, 1.82) is 0 Å². The number of fused-ring (bicyclic) bond motifs is 1. The average molecular weight is 317 g/mol. The van der Waals surface area contributed by atoms with E-state index in [2.05, 4.69) is 36.4 Å². The van der Waals surface area contributed by atoms with Gasteiger partial charge in [-0.05, 0) is 17.5 Å². The first-order valence-corrected chi connectivity index (χ1v) is 7.89. The Hall–Kier alpha value is -2.01. The Kier molecular flexibility index (Phi) is 5.66. The smallest absolute Gasteiger partial charge is 0.191 e. The quantitative estimate of drug-likeness (QED) is 0.657. The van der Waals surface area contributed by atoms with Crippen molar-refractivity contribution in [3.63, 3.8) is 0 Å². The second-order valence-corrected chi connectivity index (χ2v) is 6.65. The van der Waals surface area contributed by atoms with Crippen LogP contribution in [-0.2, 0) is 11.3 Å². The molecule has 1 unspecified atom stereocenters. The molecule has 0 spiro atoms. The lowest BCUT2D eigenvalue weighted by atomic mass is 9.89. The van der Waals surface area contributed by atoms with Crippen molar-refractivity contribution in [3.05, 3.63) is 36.1 Å². The van der Waals surface area contributed by atoms with E-state index in [1.807, 2.05) is 30.3 Å². The third-order valence-corrected chi connectivity index (χ3v) is 3.84. The number of ether oxygens (including phenoxy) is 1. The van der Waals surface area contributed by atoms with E-state index in [9.17, 15) is 0 Å². The van der Waals surface area contributed by atoms with Crippen LogP contribution >= 0.6 is 0 Å². The topological polar surface area (TPSA) is 58.8 Å². The monoisotopic (exact) mass is 317 g/mol. The molecule has 2 rings (SSSR count). The first kappa shape index (κ1) is 17.3. The molecular weight excluding hydrogens is 290 g/mol. The molecule has 1 aromatic heterocycles. The van der Waals surface area contributed by atoms with Crippen molar-refractivity contribution in [1.82, 2.24) is 10.6 Å². The highest BCUT2D eigenvalue weighted by Gasteiger charge is 2.24. The fraction of sp³-hybridized carbons (Fsp3) is 0.500. The van der Waals surface area contributed by atoms with Gasteiger partial charge < -0.3 is 19.8 Å². The van der Waals surface area contributed by atoms with E-state index in [0.717, 1.165) is 22.7 Å². The third-order valence-electron chi connectivity index (χ3n) is 3.84. The van der Waals surface area contributed by atoms with Gasteiger partial charge >= 0.3 is 0 Å². The molecule has 1 heterocycles. The van der Waals surface area contributed by atoms with Crippen LogP contribution in [0.5, 0.6) is 0 Å². The van der Waals surface area contributed by atoms with Crippen LogP contribution in [0.2, 0.25) is 0 Å². The molecule has 5 nitrogen and oxygen atoms in total. The molecule has 0 radical (unpaired) electrons. The minimum Gasteiger partial charge on any atom is -0.459 e. The van der Waals surface area contributed by atoms with Crippen molar-refractivity contribution in [2.24, 2.45) is 10.4 Å². The predicted molar refractivity (Wildman–Crippen MR) is 94.7 cm³/mol. The first-order valence-electron chi connectivity index (χ1n) is 7.89. The van der Waals surface area contributed by atoms with Crippen LogP contribution < -0.4 is 10.6 Å². The van der Waals surface area contributed by atoms with E-state index in [1.54, 1.807) is 14.2 Å². The summed E-state index contributed by atoms with van der Waals surface area (Å²) in [6, 6.07) is 10.0. The Morgan fingerprint density at radius 2 is 2.00 bits per heavy atom. The molecule has 0 bridgehead atoms. The highest BCUT2D eigenvalue weighted by atomic mass is 16.5. The Bertz CT molecular complexity index is 623. The van der Waals surface area contributed by atoms with Gasteiger partial charge in [-0.15, -0.1) is 0 Å². The van der Waals surface area contributed by atoms with Crippen LogP contribution in [0, 0.1) is 5.41 Å². The number of para-hydroxylation sites is 1. The van der Waals surface area contributed by atoms with E-state index < -0.39 is 0 Å². The standard InChI is InChI=1S/C18H27N3O2/c1-18(2,3)16(22-5)12-21-17(19-4)20-11-14-10-13-8-6-7-9-15(13)23-14/h6-10,16H,11-12H2,1-5H3,(H2,19,20,21). The largest absolute Gasteiger partial charge is 0.459 e. The zero-order valence-electron chi connectivity index (χ0n) is 14.6. The van der Waals surface area contributed by atoms with E-state index >= 15 is 0 Å². The molecule has 126 valence electrons. The molecule has 1 aromatic carbocycles. The molecule has 0 fully saturated rings. The first-order chi connectivity index (χ1) is 10.9. The zero-order valence-corrected chi connectivity index (χ0v) is 14.6. The van der Waals surface area contributed by atoms with Crippen LogP contribution in [0.15, 0.2) is 39.7 Å². The number of benzene rings is 1. The molecular formula is C18H27N3O2. The Labute approximate surface area is 138 Å². The molecule has 0 amide bonds. The van der Waals surface area contributed by atoms with Gasteiger partial charge in [0.1, 0.15) is 11.3 Å². The van der Waals surface area contributed by atoms with Crippen molar-refractivity contribution in [2.45, 2.75) is 33.4 Å². The van der Waals surface area contributed by atoms with Gasteiger partial charge in [0.15, 0.2) is 5.96 Å². The number of aliphatic imine (C=N–C) groups is 1. The molecule has 2 aromatic rings. The number of methoxy groups -OCH3 is 1. The normalized spacial score (nSPS) is 14.0. The summed E-state index contributed by atoms with van der Waals surface area (Å²) >= 11 is 0.